The lowest BCUT2D eigenvalue weighted by Crippen LogP contribution is -2.20. The average molecular weight is 303 g/mol. The van der Waals surface area contributed by atoms with Crippen molar-refractivity contribution in [3.05, 3.63) is 58.6 Å². The third-order valence-corrected chi connectivity index (χ3v) is 3.73. The molecular formula is C15H15ClN4O. The normalized spacial score (nSPS) is 11.1. The maximum Gasteiger partial charge on any atom is 0.261 e. The predicted octanol–water partition coefficient (Wildman–Crippen LogP) is 2.73. The first-order chi connectivity index (χ1) is 10.3. The number of aryl methyl sites for hydroxylation is 2. The van der Waals surface area contributed by atoms with Crippen molar-refractivity contribution in [3.63, 3.8) is 0 Å². The highest BCUT2D eigenvalue weighted by Crippen LogP contribution is 2.17. The zero-order valence-electron chi connectivity index (χ0n) is 11.4. The van der Waals surface area contributed by atoms with Crippen molar-refractivity contribution >= 4 is 22.5 Å². The molecule has 0 atom stereocenters. The van der Waals surface area contributed by atoms with Gasteiger partial charge in [-0.15, -0.1) is 0 Å². The highest BCUT2D eigenvalue weighted by atomic mass is 35.5. The SMILES string of the molecule is O=c1c2cccc(Cl)c2ncn1CCCCn1ccnc1. The van der Waals surface area contributed by atoms with Crippen molar-refractivity contribution in [3.8, 4) is 0 Å². The van der Waals surface area contributed by atoms with E-state index in [1.54, 1.807) is 41.6 Å². The summed E-state index contributed by atoms with van der Waals surface area (Å²) in [7, 11) is 0. The highest BCUT2D eigenvalue weighted by Gasteiger charge is 2.06. The molecule has 3 aromatic rings. The fraction of sp³-hybridized carbons (Fsp3) is 0.267. The Labute approximate surface area is 126 Å². The first-order valence-corrected chi connectivity index (χ1v) is 7.23. The van der Waals surface area contributed by atoms with Gasteiger partial charge in [-0.05, 0) is 25.0 Å². The van der Waals surface area contributed by atoms with Crippen molar-refractivity contribution in [2.75, 3.05) is 0 Å². The number of benzene rings is 1. The minimum atomic E-state index is -0.0369. The van der Waals surface area contributed by atoms with Crippen LogP contribution in [0, 0.1) is 0 Å². The van der Waals surface area contributed by atoms with E-state index in [1.165, 1.54) is 0 Å². The van der Waals surface area contributed by atoms with Gasteiger partial charge in [0.15, 0.2) is 0 Å². The van der Waals surface area contributed by atoms with Crippen LogP contribution < -0.4 is 5.56 Å². The molecule has 0 amide bonds. The third kappa shape index (κ3) is 2.97. The molecule has 6 heteroatoms. The molecule has 0 radical (unpaired) electrons. The molecule has 0 N–H and O–H groups in total. The Balaban J connectivity index is 1.70. The van der Waals surface area contributed by atoms with E-state index >= 15 is 0 Å². The summed E-state index contributed by atoms with van der Waals surface area (Å²) in [4.78, 5) is 20.6. The van der Waals surface area contributed by atoms with Crippen LogP contribution in [0.5, 0.6) is 0 Å². The maximum atomic E-state index is 12.4. The number of hydrogen-bond donors (Lipinski definition) is 0. The van der Waals surface area contributed by atoms with Crippen molar-refractivity contribution < 1.29 is 0 Å². The molecule has 0 fully saturated rings. The number of hydrogen-bond acceptors (Lipinski definition) is 3. The Hall–Kier alpha value is -2.14. The number of halogens is 1. The molecule has 2 aromatic heterocycles. The predicted molar refractivity (Wildman–Crippen MR) is 82.5 cm³/mol. The summed E-state index contributed by atoms with van der Waals surface area (Å²) in [6, 6.07) is 5.28. The largest absolute Gasteiger partial charge is 0.337 e. The van der Waals surface area contributed by atoms with Gasteiger partial charge in [0.25, 0.3) is 5.56 Å². The van der Waals surface area contributed by atoms with Crippen molar-refractivity contribution in [1.82, 2.24) is 19.1 Å². The van der Waals surface area contributed by atoms with Gasteiger partial charge in [0, 0.05) is 25.5 Å². The van der Waals surface area contributed by atoms with Crippen molar-refractivity contribution in [1.29, 1.82) is 0 Å². The van der Waals surface area contributed by atoms with Gasteiger partial charge in [0.05, 0.1) is 28.6 Å². The number of imidazole rings is 1. The molecule has 0 bridgehead atoms. The molecule has 21 heavy (non-hydrogen) atoms. The number of aromatic nitrogens is 4. The molecular weight excluding hydrogens is 288 g/mol. The highest BCUT2D eigenvalue weighted by molar-refractivity contribution is 6.34. The summed E-state index contributed by atoms with van der Waals surface area (Å²) >= 11 is 6.05. The number of fused-ring (bicyclic) bond motifs is 1. The Morgan fingerprint density at radius 2 is 2.00 bits per heavy atom. The van der Waals surface area contributed by atoms with E-state index in [-0.39, 0.29) is 5.56 Å². The second-order valence-electron chi connectivity index (χ2n) is 4.89. The molecule has 0 unspecified atom stereocenters. The lowest BCUT2D eigenvalue weighted by molar-refractivity contribution is 0.542. The van der Waals surface area contributed by atoms with Gasteiger partial charge in [-0.3, -0.25) is 9.36 Å². The van der Waals surface area contributed by atoms with Gasteiger partial charge in [0.1, 0.15) is 0 Å². The number of nitrogens with zero attached hydrogens (tertiary/aromatic N) is 4. The fourth-order valence-electron chi connectivity index (χ4n) is 2.31. The van der Waals surface area contributed by atoms with E-state index in [4.69, 9.17) is 11.6 Å². The molecule has 0 saturated heterocycles. The topological polar surface area (TPSA) is 52.7 Å². The molecule has 108 valence electrons. The molecule has 2 heterocycles. The summed E-state index contributed by atoms with van der Waals surface area (Å²) in [6.07, 6.45) is 8.97. The lowest BCUT2D eigenvalue weighted by Gasteiger charge is -2.07. The average Bonchev–Trinajstić information content (AvgIpc) is 3.00. The summed E-state index contributed by atoms with van der Waals surface area (Å²) < 4.78 is 3.67. The third-order valence-electron chi connectivity index (χ3n) is 3.43. The first-order valence-electron chi connectivity index (χ1n) is 6.85. The Bertz CT molecular complexity index is 795. The lowest BCUT2D eigenvalue weighted by atomic mass is 10.2. The second kappa shape index (κ2) is 6.10. The van der Waals surface area contributed by atoms with Gasteiger partial charge in [-0.2, -0.15) is 0 Å². The Morgan fingerprint density at radius 3 is 2.81 bits per heavy atom. The van der Waals surface area contributed by atoms with Crippen LogP contribution in [0.15, 0.2) is 48.0 Å². The molecule has 5 nitrogen and oxygen atoms in total. The van der Waals surface area contributed by atoms with Gasteiger partial charge < -0.3 is 4.57 Å². The zero-order chi connectivity index (χ0) is 14.7. The van der Waals surface area contributed by atoms with Crippen LogP contribution in [0.3, 0.4) is 0 Å². The van der Waals surface area contributed by atoms with Gasteiger partial charge in [-0.1, -0.05) is 17.7 Å². The van der Waals surface area contributed by atoms with Gasteiger partial charge in [-0.25, -0.2) is 9.97 Å². The van der Waals surface area contributed by atoms with Gasteiger partial charge >= 0.3 is 0 Å². The van der Waals surface area contributed by atoms with Crippen LogP contribution >= 0.6 is 11.6 Å². The summed E-state index contributed by atoms with van der Waals surface area (Å²) in [6.45, 7) is 1.56. The van der Waals surface area contributed by atoms with Crippen LogP contribution in [0.2, 0.25) is 5.02 Å². The van der Waals surface area contributed by atoms with Crippen LogP contribution in [-0.2, 0) is 13.1 Å². The minimum absolute atomic E-state index is 0.0369. The van der Waals surface area contributed by atoms with E-state index < -0.39 is 0 Å². The standard InChI is InChI=1S/C15H15ClN4O/c16-13-5-3-4-12-14(13)18-11-20(15(12)21)8-2-1-7-19-9-6-17-10-19/h3-6,9-11H,1-2,7-8H2. The molecule has 0 aliphatic heterocycles. The number of unbranched alkanes of at least 4 members (excludes halogenated alkanes) is 1. The van der Waals surface area contributed by atoms with Crippen molar-refractivity contribution in [2.45, 2.75) is 25.9 Å². The van der Waals surface area contributed by atoms with Crippen LogP contribution in [0.25, 0.3) is 10.9 Å². The molecule has 3 rings (SSSR count). The van der Waals surface area contributed by atoms with E-state index in [9.17, 15) is 4.79 Å². The molecule has 0 saturated carbocycles. The van der Waals surface area contributed by atoms with E-state index in [0.29, 0.717) is 22.5 Å². The Morgan fingerprint density at radius 1 is 1.14 bits per heavy atom. The smallest absolute Gasteiger partial charge is 0.261 e. The van der Waals surface area contributed by atoms with Crippen LogP contribution in [-0.4, -0.2) is 19.1 Å². The van der Waals surface area contributed by atoms with E-state index in [1.807, 2.05) is 10.8 Å². The minimum Gasteiger partial charge on any atom is -0.337 e. The van der Waals surface area contributed by atoms with E-state index in [2.05, 4.69) is 9.97 Å². The molecule has 0 spiro atoms. The molecule has 0 aliphatic carbocycles. The second-order valence-corrected chi connectivity index (χ2v) is 5.29. The van der Waals surface area contributed by atoms with Crippen molar-refractivity contribution in [2.24, 2.45) is 0 Å². The zero-order valence-corrected chi connectivity index (χ0v) is 12.2. The molecule has 0 aliphatic rings. The first kappa shape index (κ1) is 13.8. The summed E-state index contributed by atoms with van der Waals surface area (Å²) in [5, 5.41) is 1.08. The quantitative estimate of drug-likeness (QED) is 0.681. The monoisotopic (exact) mass is 302 g/mol. The number of para-hydroxylation sites is 1. The van der Waals surface area contributed by atoms with Gasteiger partial charge in [0.2, 0.25) is 0 Å². The van der Waals surface area contributed by atoms with Crippen LogP contribution in [0.4, 0.5) is 0 Å². The fourth-order valence-corrected chi connectivity index (χ4v) is 2.53. The van der Waals surface area contributed by atoms with E-state index in [0.717, 1.165) is 19.4 Å². The summed E-state index contributed by atoms with van der Waals surface area (Å²) in [5.41, 5.74) is 0.531. The Kier molecular flexibility index (Phi) is 4.01. The number of rotatable bonds is 5. The van der Waals surface area contributed by atoms with Crippen LogP contribution in [0.1, 0.15) is 12.8 Å². The maximum absolute atomic E-state index is 12.4. The summed E-state index contributed by atoms with van der Waals surface area (Å²) in [5.74, 6) is 0. The molecule has 1 aromatic carbocycles.